The molecule has 0 aliphatic rings. The van der Waals surface area contributed by atoms with E-state index in [1.165, 1.54) is 35.2 Å². The zero-order valence-corrected chi connectivity index (χ0v) is 21.0. The highest BCUT2D eigenvalue weighted by atomic mass is 32.1. The number of carbonyl (C=O) groups is 3. The standard InChI is InChI=1S/C23H27FN6O5S/c1-12(20(26)32)30(14-7-5-13(24)6-8-14)22-28-19(25)18(36-22)17(31)16-11-15(29-35-16)21(33)27-9-10-34-23(2,3)4/h5-8,11-12H,9-10,25H2,1-4H3,(H2,26,32)(H,27,33)/t12-/m1/s1. The van der Waals surface area contributed by atoms with Crippen molar-refractivity contribution >= 4 is 45.6 Å². The Morgan fingerprint density at radius 3 is 2.53 bits per heavy atom. The normalized spacial score (nSPS) is 12.2. The van der Waals surface area contributed by atoms with Gasteiger partial charge < -0.3 is 30.9 Å². The van der Waals surface area contributed by atoms with Gasteiger partial charge in [0.2, 0.25) is 17.5 Å². The molecule has 0 aliphatic heterocycles. The van der Waals surface area contributed by atoms with Crippen molar-refractivity contribution in [2.24, 2.45) is 5.73 Å². The van der Waals surface area contributed by atoms with E-state index in [-0.39, 0.29) is 39.4 Å². The van der Waals surface area contributed by atoms with Crippen LogP contribution in [-0.2, 0) is 9.53 Å². The topological polar surface area (TPSA) is 167 Å². The van der Waals surface area contributed by atoms with E-state index in [1.807, 2.05) is 20.8 Å². The molecule has 192 valence electrons. The molecule has 11 nitrogen and oxygen atoms in total. The van der Waals surface area contributed by atoms with Gasteiger partial charge in [0.15, 0.2) is 10.8 Å². The lowest BCUT2D eigenvalue weighted by Gasteiger charge is -2.26. The van der Waals surface area contributed by atoms with Crippen molar-refractivity contribution in [1.82, 2.24) is 15.5 Å². The number of hydrogen-bond donors (Lipinski definition) is 3. The summed E-state index contributed by atoms with van der Waals surface area (Å²) in [5, 5.41) is 6.47. The molecule has 0 unspecified atom stereocenters. The number of ketones is 1. The number of nitrogens with one attached hydrogen (secondary N) is 1. The number of rotatable bonds is 10. The van der Waals surface area contributed by atoms with E-state index >= 15 is 0 Å². The van der Waals surface area contributed by atoms with Gasteiger partial charge in [0.25, 0.3) is 5.91 Å². The van der Waals surface area contributed by atoms with Gasteiger partial charge in [-0.3, -0.25) is 14.4 Å². The predicted molar refractivity (Wildman–Crippen MR) is 132 cm³/mol. The third kappa shape index (κ3) is 6.43. The van der Waals surface area contributed by atoms with E-state index < -0.39 is 29.5 Å². The Labute approximate surface area is 210 Å². The molecule has 0 saturated carbocycles. The SMILES string of the molecule is C[C@H](C(N)=O)N(c1ccc(F)cc1)c1nc(N)c(C(=O)c2cc(C(=O)NCCOC(C)(C)C)no2)s1. The quantitative estimate of drug-likeness (QED) is 0.270. The van der Waals surface area contributed by atoms with E-state index in [0.717, 1.165) is 11.3 Å². The van der Waals surface area contributed by atoms with Crippen LogP contribution in [-0.4, -0.2) is 52.5 Å². The Morgan fingerprint density at radius 2 is 1.92 bits per heavy atom. The Balaban J connectivity index is 1.79. The zero-order chi connectivity index (χ0) is 26.6. The van der Waals surface area contributed by atoms with Crippen molar-refractivity contribution < 1.29 is 28.0 Å². The number of aromatic nitrogens is 2. The minimum absolute atomic E-state index is 0.00969. The molecular formula is C23H27FN6O5S. The van der Waals surface area contributed by atoms with E-state index in [0.29, 0.717) is 12.3 Å². The van der Waals surface area contributed by atoms with E-state index in [1.54, 1.807) is 6.92 Å². The van der Waals surface area contributed by atoms with Crippen LogP contribution in [0.25, 0.3) is 0 Å². The molecule has 0 spiro atoms. The molecule has 0 radical (unpaired) electrons. The number of thiazole rings is 1. The third-order valence-corrected chi connectivity index (χ3v) is 5.92. The van der Waals surface area contributed by atoms with Gasteiger partial charge in [0, 0.05) is 18.3 Å². The Kier molecular flexibility index (Phi) is 8.05. The maximum atomic E-state index is 13.4. The number of anilines is 3. The summed E-state index contributed by atoms with van der Waals surface area (Å²) >= 11 is 0.886. The fourth-order valence-electron chi connectivity index (χ4n) is 3.03. The average Bonchev–Trinajstić information content (AvgIpc) is 3.44. The molecule has 1 aromatic carbocycles. The summed E-state index contributed by atoms with van der Waals surface area (Å²) in [5.74, 6) is -2.66. The predicted octanol–water partition coefficient (Wildman–Crippen LogP) is 2.64. The molecule has 13 heteroatoms. The van der Waals surface area contributed by atoms with Crippen molar-refractivity contribution in [2.75, 3.05) is 23.8 Å². The lowest BCUT2D eigenvalue weighted by atomic mass is 10.2. The second-order valence-corrected chi connectivity index (χ2v) is 9.74. The molecule has 0 saturated heterocycles. The lowest BCUT2D eigenvalue weighted by molar-refractivity contribution is -0.118. The van der Waals surface area contributed by atoms with E-state index in [9.17, 15) is 18.8 Å². The number of nitrogens with two attached hydrogens (primary N) is 2. The number of amides is 2. The van der Waals surface area contributed by atoms with Crippen LogP contribution >= 0.6 is 11.3 Å². The first-order valence-electron chi connectivity index (χ1n) is 10.9. The molecule has 0 fully saturated rings. The van der Waals surface area contributed by atoms with E-state index in [4.69, 9.17) is 20.7 Å². The Morgan fingerprint density at radius 1 is 1.25 bits per heavy atom. The molecule has 0 aliphatic carbocycles. The number of nitrogens with zero attached hydrogens (tertiary/aromatic N) is 3. The molecule has 36 heavy (non-hydrogen) atoms. The number of nitrogen functional groups attached to an aromatic ring is 1. The van der Waals surface area contributed by atoms with Crippen LogP contribution in [0.15, 0.2) is 34.9 Å². The molecule has 2 amide bonds. The highest BCUT2D eigenvalue weighted by Crippen LogP contribution is 2.36. The minimum atomic E-state index is -0.883. The Bertz CT molecular complexity index is 1250. The number of halogens is 1. The second kappa shape index (κ2) is 10.8. The van der Waals surface area contributed by atoms with Gasteiger partial charge in [-0.25, -0.2) is 9.37 Å². The van der Waals surface area contributed by atoms with Gasteiger partial charge in [-0.1, -0.05) is 16.5 Å². The fraction of sp³-hybridized carbons (Fsp3) is 0.348. The van der Waals surface area contributed by atoms with Crippen LogP contribution in [0.5, 0.6) is 0 Å². The number of ether oxygens (including phenoxy) is 1. The number of hydrogen-bond acceptors (Lipinski definition) is 10. The van der Waals surface area contributed by atoms with Gasteiger partial charge in [0.05, 0.1) is 12.2 Å². The van der Waals surface area contributed by atoms with Crippen molar-refractivity contribution in [3.8, 4) is 0 Å². The van der Waals surface area contributed by atoms with Crippen LogP contribution < -0.4 is 21.7 Å². The van der Waals surface area contributed by atoms with Crippen LogP contribution in [0, 0.1) is 5.82 Å². The molecule has 3 rings (SSSR count). The summed E-state index contributed by atoms with van der Waals surface area (Å²) in [6.07, 6.45) is 0. The molecule has 2 heterocycles. The molecule has 0 bridgehead atoms. The van der Waals surface area contributed by atoms with Crippen LogP contribution in [0.4, 0.5) is 21.0 Å². The summed E-state index contributed by atoms with van der Waals surface area (Å²) in [5.41, 5.74) is 11.5. The summed E-state index contributed by atoms with van der Waals surface area (Å²) in [4.78, 5) is 42.9. The van der Waals surface area contributed by atoms with Crippen molar-refractivity contribution in [1.29, 1.82) is 0 Å². The van der Waals surface area contributed by atoms with Crippen LogP contribution in [0.2, 0.25) is 0 Å². The summed E-state index contributed by atoms with van der Waals surface area (Å²) < 4.78 is 24.0. The molecule has 2 aromatic heterocycles. The fourth-order valence-corrected chi connectivity index (χ4v) is 4.06. The summed E-state index contributed by atoms with van der Waals surface area (Å²) in [6.45, 7) is 7.78. The van der Waals surface area contributed by atoms with Gasteiger partial charge in [-0.15, -0.1) is 0 Å². The summed E-state index contributed by atoms with van der Waals surface area (Å²) in [7, 11) is 0. The zero-order valence-electron chi connectivity index (χ0n) is 20.2. The van der Waals surface area contributed by atoms with Gasteiger partial charge in [-0.05, 0) is 52.0 Å². The van der Waals surface area contributed by atoms with Crippen molar-refractivity contribution in [3.05, 3.63) is 52.5 Å². The van der Waals surface area contributed by atoms with Crippen LogP contribution in [0.3, 0.4) is 0 Å². The minimum Gasteiger partial charge on any atom is -0.382 e. The molecular weight excluding hydrogens is 491 g/mol. The van der Waals surface area contributed by atoms with Gasteiger partial charge >= 0.3 is 0 Å². The highest BCUT2D eigenvalue weighted by molar-refractivity contribution is 7.18. The first-order valence-corrected chi connectivity index (χ1v) is 11.7. The third-order valence-electron chi connectivity index (χ3n) is 4.85. The van der Waals surface area contributed by atoms with Crippen LogP contribution in [0.1, 0.15) is 53.6 Å². The van der Waals surface area contributed by atoms with E-state index in [2.05, 4.69) is 15.5 Å². The lowest BCUT2D eigenvalue weighted by Crippen LogP contribution is -2.39. The Hall–Kier alpha value is -3.84. The smallest absolute Gasteiger partial charge is 0.273 e. The second-order valence-electron chi connectivity index (χ2n) is 8.76. The maximum absolute atomic E-state index is 13.4. The maximum Gasteiger partial charge on any atom is 0.273 e. The monoisotopic (exact) mass is 518 g/mol. The van der Waals surface area contributed by atoms with Gasteiger partial charge in [-0.2, -0.15) is 0 Å². The number of primary amides is 1. The first-order chi connectivity index (χ1) is 16.9. The molecule has 5 N–H and O–H groups in total. The van der Waals surface area contributed by atoms with Crippen molar-refractivity contribution in [3.63, 3.8) is 0 Å². The first kappa shape index (κ1) is 26.8. The number of carbonyl (C=O) groups excluding carboxylic acids is 3. The van der Waals surface area contributed by atoms with Gasteiger partial charge in [0.1, 0.15) is 22.6 Å². The number of benzene rings is 1. The largest absolute Gasteiger partial charge is 0.382 e. The molecule has 3 aromatic rings. The highest BCUT2D eigenvalue weighted by Gasteiger charge is 2.29. The molecule has 1 atom stereocenters. The van der Waals surface area contributed by atoms with Crippen molar-refractivity contribution in [2.45, 2.75) is 39.3 Å². The summed E-state index contributed by atoms with van der Waals surface area (Å²) in [6, 6.07) is 5.64. The average molecular weight is 519 g/mol.